The first kappa shape index (κ1) is 15.7. The summed E-state index contributed by atoms with van der Waals surface area (Å²) in [6.45, 7) is 0.472. The van der Waals surface area contributed by atoms with Gasteiger partial charge in [0, 0.05) is 30.1 Å². The van der Waals surface area contributed by atoms with E-state index in [0.717, 1.165) is 22.4 Å². The minimum absolute atomic E-state index is 0.100. The molecule has 0 radical (unpaired) electrons. The zero-order chi connectivity index (χ0) is 16.8. The van der Waals surface area contributed by atoms with Crippen LogP contribution in [0.3, 0.4) is 0 Å². The van der Waals surface area contributed by atoms with E-state index in [4.69, 9.17) is 4.74 Å². The monoisotopic (exact) mass is 318 g/mol. The number of aromatic nitrogens is 1. The Labute approximate surface area is 141 Å². The van der Waals surface area contributed by atoms with Crippen LogP contribution < -0.4 is 10.1 Å². The molecule has 2 aromatic carbocycles. The van der Waals surface area contributed by atoms with Crippen LogP contribution in [0, 0.1) is 0 Å². The van der Waals surface area contributed by atoms with E-state index in [9.17, 15) is 4.79 Å². The maximum Gasteiger partial charge on any atom is 0.251 e. The molecular formula is C20H18N2O2. The fraction of sp³-hybridized carbons (Fsp3) is 0.100. The number of ether oxygens (including phenoxy) is 1. The van der Waals surface area contributed by atoms with E-state index in [1.54, 1.807) is 19.5 Å². The molecule has 0 aliphatic rings. The Morgan fingerprint density at radius 2 is 1.83 bits per heavy atom. The lowest BCUT2D eigenvalue weighted by molar-refractivity contribution is 0.0951. The molecule has 4 heteroatoms. The Hall–Kier alpha value is -3.14. The summed E-state index contributed by atoms with van der Waals surface area (Å²) < 4.78 is 5.13. The molecule has 24 heavy (non-hydrogen) atoms. The molecule has 0 aliphatic heterocycles. The molecule has 0 saturated heterocycles. The zero-order valence-electron chi connectivity index (χ0n) is 13.4. The summed E-state index contributed by atoms with van der Waals surface area (Å²) >= 11 is 0. The van der Waals surface area contributed by atoms with Crippen molar-refractivity contribution >= 4 is 5.91 Å². The summed E-state index contributed by atoms with van der Waals surface area (Å²) in [6, 6.07) is 19.0. The second kappa shape index (κ2) is 7.42. The van der Waals surface area contributed by atoms with Crippen molar-refractivity contribution in [1.82, 2.24) is 10.3 Å². The molecule has 3 aromatic rings. The number of carbonyl (C=O) groups is 1. The first-order chi connectivity index (χ1) is 11.8. The molecule has 1 amide bonds. The van der Waals surface area contributed by atoms with Gasteiger partial charge in [0.2, 0.25) is 0 Å². The number of nitrogens with zero attached hydrogens (tertiary/aromatic N) is 1. The molecule has 1 aromatic heterocycles. The number of benzene rings is 2. The van der Waals surface area contributed by atoms with E-state index < -0.39 is 0 Å². The topological polar surface area (TPSA) is 51.2 Å². The lowest BCUT2D eigenvalue weighted by Gasteiger charge is -2.08. The predicted molar refractivity (Wildman–Crippen MR) is 93.8 cm³/mol. The third-order valence-corrected chi connectivity index (χ3v) is 3.73. The molecule has 3 rings (SSSR count). The second-order valence-corrected chi connectivity index (χ2v) is 5.35. The first-order valence-electron chi connectivity index (χ1n) is 7.68. The summed E-state index contributed by atoms with van der Waals surface area (Å²) in [4.78, 5) is 16.5. The Balaban J connectivity index is 1.68. The Morgan fingerprint density at radius 3 is 2.54 bits per heavy atom. The van der Waals surface area contributed by atoms with E-state index in [0.29, 0.717) is 12.1 Å². The van der Waals surface area contributed by atoms with Crippen LogP contribution in [-0.2, 0) is 6.54 Å². The number of rotatable bonds is 5. The fourth-order valence-electron chi connectivity index (χ4n) is 2.40. The van der Waals surface area contributed by atoms with Crippen LogP contribution in [0.4, 0.5) is 0 Å². The van der Waals surface area contributed by atoms with Gasteiger partial charge in [0.05, 0.1) is 7.11 Å². The molecule has 1 heterocycles. The molecule has 0 unspecified atom stereocenters. The average Bonchev–Trinajstić information content (AvgIpc) is 2.67. The van der Waals surface area contributed by atoms with Crippen molar-refractivity contribution in [2.24, 2.45) is 0 Å². The second-order valence-electron chi connectivity index (χ2n) is 5.35. The highest BCUT2D eigenvalue weighted by molar-refractivity contribution is 5.95. The molecular weight excluding hydrogens is 300 g/mol. The summed E-state index contributed by atoms with van der Waals surface area (Å²) in [5.41, 5.74) is 3.61. The van der Waals surface area contributed by atoms with E-state index >= 15 is 0 Å². The van der Waals surface area contributed by atoms with Gasteiger partial charge in [-0.3, -0.25) is 9.78 Å². The number of pyridine rings is 1. The largest absolute Gasteiger partial charge is 0.497 e. The molecule has 0 spiro atoms. The lowest BCUT2D eigenvalue weighted by Crippen LogP contribution is -2.22. The maximum absolute atomic E-state index is 12.4. The van der Waals surface area contributed by atoms with Gasteiger partial charge in [0.25, 0.3) is 5.91 Å². The van der Waals surface area contributed by atoms with Gasteiger partial charge < -0.3 is 10.1 Å². The van der Waals surface area contributed by atoms with Crippen LogP contribution in [0.2, 0.25) is 0 Å². The van der Waals surface area contributed by atoms with Crippen LogP contribution in [0.5, 0.6) is 5.75 Å². The number of hydrogen-bond acceptors (Lipinski definition) is 3. The van der Waals surface area contributed by atoms with E-state index in [1.165, 1.54) is 0 Å². The third-order valence-electron chi connectivity index (χ3n) is 3.73. The fourth-order valence-corrected chi connectivity index (χ4v) is 2.40. The molecule has 0 fully saturated rings. The summed E-state index contributed by atoms with van der Waals surface area (Å²) in [6.07, 6.45) is 3.52. The Kier molecular flexibility index (Phi) is 4.87. The molecule has 0 atom stereocenters. The number of carbonyl (C=O) groups excluding carboxylic acids is 1. The Bertz CT molecular complexity index is 815. The standard InChI is InChI=1S/C20H18N2O2/c1-24-19-9-7-15(8-10-19)13-22-20(23)17-5-2-4-16(12-17)18-6-3-11-21-14-18/h2-12,14H,13H2,1H3,(H,22,23). The van der Waals surface area contributed by atoms with Crippen LogP contribution in [0.15, 0.2) is 73.1 Å². The van der Waals surface area contributed by atoms with E-state index in [-0.39, 0.29) is 5.91 Å². The minimum Gasteiger partial charge on any atom is -0.497 e. The highest BCUT2D eigenvalue weighted by Crippen LogP contribution is 2.19. The number of amides is 1. The normalized spacial score (nSPS) is 10.2. The van der Waals surface area contributed by atoms with Crippen LogP contribution in [0.25, 0.3) is 11.1 Å². The summed E-state index contributed by atoms with van der Waals surface area (Å²) in [5, 5.41) is 2.94. The van der Waals surface area contributed by atoms with Gasteiger partial charge in [-0.25, -0.2) is 0 Å². The summed E-state index contributed by atoms with van der Waals surface area (Å²) in [5.74, 6) is 0.700. The number of hydrogen-bond donors (Lipinski definition) is 1. The van der Waals surface area contributed by atoms with Crippen molar-refractivity contribution in [3.63, 3.8) is 0 Å². The maximum atomic E-state index is 12.4. The molecule has 0 bridgehead atoms. The Morgan fingerprint density at radius 1 is 1.04 bits per heavy atom. The van der Waals surface area contributed by atoms with Gasteiger partial charge in [-0.15, -0.1) is 0 Å². The quantitative estimate of drug-likeness (QED) is 0.780. The molecule has 0 saturated carbocycles. The van der Waals surface area contributed by atoms with Gasteiger partial charge in [0.1, 0.15) is 5.75 Å². The SMILES string of the molecule is COc1ccc(CNC(=O)c2cccc(-c3cccnc3)c2)cc1. The van der Waals surface area contributed by atoms with Crippen molar-refractivity contribution < 1.29 is 9.53 Å². The van der Waals surface area contributed by atoms with Gasteiger partial charge >= 0.3 is 0 Å². The van der Waals surface area contributed by atoms with Crippen LogP contribution in [0.1, 0.15) is 15.9 Å². The zero-order valence-corrected chi connectivity index (χ0v) is 13.4. The minimum atomic E-state index is -0.100. The highest BCUT2D eigenvalue weighted by Gasteiger charge is 2.07. The third kappa shape index (κ3) is 3.79. The van der Waals surface area contributed by atoms with Crippen molar-refractivity contribution in [3.05, 3.63) is 84.2 Å². The molecule has 1 N–H and O–H groups in total. The van der Waals surface area contributed by atoms with E-state index in [1.807, 2.05) is 60.7 Å². The van der Waals surface area contributed by atoms with Gasteiger partial charge in [-0.1, -0.05) is 30.3 Å². The summed E-state index contributed by atoms with van der Waals surface area (Å²) in [7, 11) is 1.63. The van der Waals surface area contributed by atoms with Crippen molar-refractivity contribution in [3.8, 4) is 16.9 Å². The van der Waals surface area contributed by atoms with Crippen molar-refractivity contribution in [2.45, 2.75) is 6.54 Å². The van der Waals surface area contributed by atoms with E-state index in [2.05, 4.69) is 10.3 Å². The van der Waals surface area contributed by atoms with Crippen LogP contribution in [-0.4, -0.2) is 18.0 Å². The van der Waals surface area contributed by atoms with Gasteiger partial charge in [-0.2, -0.15) is 0 Å². The van der Waals surface area contributed by atoms with Crippen molar-refractivity contribution in [1.29, 1.82) is 0 Å². The molecule has 4 nitrogen and oxygen atoms in total. The molecule has 0 aliphatic carbocycles. The van der Waals surface area contributed by atoms with Gasteiger partial charge in [-0.05, 0) is 41.5 Å². The molecule has 120 valence electrons. The predicted octanol–water partition coefficient (Wildman–Crippen LogP) is 3.69. The average molecular weight is 318 g/mol. The van der Waals surface area contributed by atoms with Gasteiger partial charge in [0.15, 0.2) is 0 Å². The number of nitrogens with one attached hydrogen (secondary N) is 1. The van der Waals surface area contributed by atoms with Crippen LogP contribution >= 0.6 is 0 Å². The first-order valence-corrected chi connectivity index (χ1v) is 7.68. The lowest BCUT2D eigenvalue weighted by atomic mass is 10.0. The highest BCUT2D eigenvalue weighted by atomic mass is 16.5. The van der Waals surface area contributed by atoms with Crippen molar-refractivity contribution in [2.75, 3.05) is 7.11 Å². The smallest absolute Gasteiger partial charge is 0.251 e. The number of methoxy groups -OCH3 is 1.